The Morgan fingerprint density at radius 1 is 1.33 bits per heavy atom. The van der Waals surface area contributed by atoms with Crippen molar-refractivity contribution >= 4 is 0 Å². The van der Waals surface area contributed by atoms with Crippen LogP contribution >= 0.6 is 0 Å². The van der Waals surface area contributed by atoms with Gasteiger partial charge in [-0.05, 0) is 12.8 Å². The van der Waals surface area contributed by atoms with Gasteiger partial charge in [-0.25, -0.2) is 8.78 Å². The number of halogens is 2. The van der Waals surface area contributed by atoms with Gasteiger partial charge < -0.3 is 10.2 Å². The standard InChI is InChI=1S/C10H21F2NO2/c1-8(2)10(3,15)7-13(4-5-14)6-9(11)12/h8-9,14-15H,4-7H2,1-3H3. The average molecular weight is 225 g/mol. The molecule has 0 saturated heterocycles. The predicted molar refractivity (Wildman–Crippen MR) is 55.0 cm³/mol. The van der Waals surface area contributed by atoms with E-state index in [4.69, 9.17) is 5.11 Å². The zero-order valence-electron chi connectivity index (χ0n) is 9.58. The molecule has 1 atom stereocenters. The Kier molecular flexibility index (Phi) is 6.24. The van der Waals surface area contributed by atoms with E-state index in [2.05, 4.69) is 0 Å². The van der Waals surface area contributed by atoms with Crippen LogP contribution in [0.3, 0.4) is 0 Å². The van der Waals surface area contributed by atoms with E-state index in [1.807, 2.05) is 13.8 Å². The maximum Gasteiger partial charge on any atom is 0.251 e. The van der Waals surface area contributed by atoms with Crippen molar-refractivity contribution in [2.24, 2.45) is 5.92 Å². The normalized spacial score (nSPS) is 16.4. The summed E-state index contributed by atoms with van der Waals surface area (Å²) in [7, 11) is 0. The predicted octanol–water partition coefficient (Wildman–Crippen LogP) is 0.953. The van der Waals surface area contributed by atoms with Crippen molar-refractivity contribution in [3.8, 4) is 0 Å². The number of rotatable bonds is 7. The van der Waals surface area contributed by atoms with Crippen molar-refractivity contribution < 1.29 is 19.0 Å². The highest BCUT2D eigenvalue weighted by Gasteiger charge is 2.28. The molecule has 0 aliphatic heterocycles. The summed E-state index contributed by atoms with van der Waals surface area (Å²) in [6.07, 6.45) is -2.44. The SMILES string of the molecule is CC(C)C(C)(O)CN(CCO)CC(F)F. The first-order valence-corrected chi connectivity index (χ1v) is 5.13. The molecule has 92 valence electrons. The molecule has 2 N–H and O–H groups in total. The maximum atomic E-state index is 12.2. The first-order chi connectivity index (χ1) is 6.79. The summed E-state index contributed by atoms with van der Waals surface area (Å²) in [5, 5.41) is 18.7. The van der Waals surface area contributed by atoms with Gasteiger partial charge in [-0.1, -0.05) is 13.8 Å². The summed E-state index contributed by atoms with van der Waals surface area (Å²) >= 11 is 0. The van der Waals surface area contributed by atoms with Crippen molar-refractivity contribution in [1.29, 1.82) is 0 Å². The molecule has 15 heavy (non-hydrogen) atoms. The third kappa shape index (κ3) is 6.02. The van der Waals surface area contributed by atoms with E-state index in [9.17, 15) is 13.9 Å². The van der Waals surface area contributed by atoms with Crippen LogP contribution in [0, 0.1) is 5.92 Å². The second-order valence-corrected chi connectivity index (χ2v) is 4.36. The Morgan fingerprint density at radius 3 is 2.20 bits per heavy atom. The molecule has 0 fully saturated rings. The number of hydrogen-bond donors (Lipinski definition) is 2. The molecule has 0 saturated carbocycles. The van der Waals surface area contributed by atoms with Crippen LogP contribution in [0.15, 0.2) is 0 Å². The summed E-state index contributed by atoms with van der Waals surface area (Å²) in [6, 6.07) is 0. The number of aliphatic hydroxyl groups excluding tert-OH is 1. The monoisotopic (exact) mass is 225 g/mol. The van der Waals surface area contributed by atoms with Gasteiger partial charge in [-0.2, -0.15) is 0 Å². The van der Waals surface area contributed by atoms with E-state index in [1.165, 1.54) is 4.90 Å². The fourth-order valence-corrected chi connectivity index (χ4v) is 1.21. The molecule has 0 heterocycles. The van der Waals surface area contributed by atoms with Crippen LogP contribution in [0.5, 0.6) is 0 Å². The Labute approximate surface area is 89.7 Å². The van der Waals surface area contributed by atoms with Crippen LogP contribution in [-0.2, 0) is 0 Å². The van der Waals surface area contributed by atoms with Crippen LogP contribution in [0.1, 0.15) is 20.8 Å². The lowest BCUT2D eigenvalue weighted by Crippen LogP contribution is -2.46. The van der Waals surface area contributed by atoms with Gasteiger partial charge in [0.1, 0.15) is 0 Å². The van der Waals surface area contributed by atoms with Gasteiger partial charge in [0, 0.05) is 13.1 Å². The summed E-state index contributed by atoms with van der Waals surface area (Å²) in [5.41, 5.74) is -1.01. The van der Waals surface area contributed by atoms with Gasteiger partial charge in [0.05, 0.1) is 18.8 Å². The summed E-state index contributed by atoms with van der Waals surface area (Å²) in [4.78, 5) is 1.38. The van der Waals surface area contributed by atoms with Gasteiger partial charge in [0.15, 0.2) is 0 Å². The minimum absolute atomic E-state index is 0.0173. The molecule has 5 heteroatoms. The fourth-order valence-electron chi connectivity index (χ4n) is 1.21. The van der Waals surface area contributed by atoms with E-state index < -0.39 is 18.6 Å². The zero-order valence-corrected chi connectivity index (χ0v) is 9.58. The van der Waals surface area contributed by atoms with E-state index in [1.54, 1.807) is 6.92 Å². The molecule has 0 radical (unpaired) electrons. The van der Waals surface area contributed by atoms with E-state index in [-0.39, 0.29) is 25.6 Å². The first-order valence-electron chi connectivity index (χ1n) is 5.13. The minimum atomic E-state index is -2.44. The highest BCUT2D eigenvalue weighted by molar-refractivity contribution is 4.80. The smallest absolute Gasteiger partial charge is 0.251 e. The third-order valence-electron chi connectivity index (χ3n) is 2.60. The third-order valence-corrected chi connectivity index (χ3v) is 2.60. The Balaban J connectivity index is 4.26. The second kappa shape index (κ2) is 6.35. The molecule has 0 aromatic rings. The van der Waals surface area contributed by atoms with Gasteiger partial charge >= 0.3 is 0 Å². The van der Waals surface area contributed by atoms with Gasteiger partial charge in [-0.3, -0.25) is 4.90 Å². The van der Waals surface area contributed by atoms with Crippen molar-refractivity contribution in [2.45, 2.75) is 32.8 Å². The fraction of sp³-hybridized carbons (Fsp3) is 1.00. The highest BCUT2D eigenvalue weighted by atomic mass is 19.3. The molecule has 0 aliphatic rings. The van der Waals surface area contributed by atoms with E-state index >= 15 is 0 Å². The lowest BCUT2D eigenvalue weighted by atomic mass is 9.92. The number of nitrogens with zero attached hydrogens (tertiary/aromatic N) is 1. The molecule has 0 aromatic heterocycles. The molecular weight excluding hydrogens is 204 g/mol. The first kappa shape index (κ1) is 14.7. The van der Waals surface area contributed by atoms with Crippen molar-refractivity contribution in [3.05, 3.63) is 0 Å². The number of hydrogen-bond acceptors (Lipinski definition) is 3. The van der Waals surface area contributed by atoms with Crippen LogP contribution in [0.25, 0.3) is 0 Å². The Bertz CT molecular complexity index is 175. The molecule has 1 unspecified atom stereocenters. The minimum Gasteiger partial charge on any atom is -0.395 e. The second-order valence-electron chi connectivity index (χ2n) is 4.36. The molecule has 0 bridgehead atoms. The van der Waals surface area contributed by atoms with Crippen molar-refractivity contribution in [1.82, 2.24) is 4.90 Å². The summed E-state index contributed by atoms with van der Waals surface area (Å²) < 4.78 is 24.4. The van der Waals surface area contributed by atoms with Crippen LogP contribution in [-0.4, -0.2) is 53.4 Å². The molecule has 0 amide bonds. The van der Waals surface area contributed by atoms with Crippen LogP contribution in [0.2, 0.25) is 0 Å². The van der Waals surface area contributed by atoms with Crippen molar-refractivity contribution in [2.75, 3.05) is 26.2 Å². The van der Waals surface area contributed by atoms with Crippen LogP contribution in [0.4, 0.5) is 8.78 Å². The number of alkyl halides is 2. The largest absolute Gasteiger partial charge is 0.395 e. The molecular formula is C10H21F2NO2. The lowest BCUT2D eigenvalue weighted by molar-refractivity contribution is -0.0342. The Hall–Kier alpha value is -0.260. The average Bonchev–Trinajstić information content (AvgIpc) is 2.01. The summed E-state index contributed by atoms with van der Waals surface area (Å²) in [6.45, 7) is 5.00. The molecule has 0 aliphatic carbocycles. The molecule has 0 aromatic carbocycles. The highest BCUT2D eigenvalue weighted by Crippen LogP contribution is 2.17. The lowest BCUT2D eigenvalue weighted by Gasteiger charge is -2.33. The van der Waals surface area contributed by atoms with Gasteiger partial charge in [0.2, 0.25) is 0 Å². The quantitative estimate of drug-likeness (QED) is 0.678. The topological polar surface area (TPSA) is 43.7 Å². The van der Waals surface area contributed by atoms with Crippen molar-refractivity contribution in [3.63, 3.8) is 0 Å². The van der Waals surface area contributed by atoms with E-state index in [0.717, 1.165) is 0 Å². The van der Waals surface area contributed by atoms with E-state index in [0.29, 0.717) is 0 Å². The van der Waals surface area contributed by atoms with Gasteiger partial charge in [-0.15, -0.1) is 0 Å². The molecule has 0 spiro atoms. The maximum absolute atomic E-state index is 12.2. The molecule has 3 nitrogen and oxygen atoms in total. The molecule has 0 rings (SSSR count). The zero-order chi connectivity index (χ0) is 12.1. The van der Waals surface area contributed by atoms with Gasteiger partial charge in [0.25, 0.3) is 6.43 Å². The summed E-state index contributed by atoms with van der Waals surface area (Å²) in [5.74, 6) is -0.0173. The number of aliphatic hydroxyl groups is 2. The van der Waals surface area contributed by atoms with Crippen LogP contribution < -0.4 is 0 Å². The Morgan fingerprint density at radius 2 is 1.87 bits per heavy atom.